The summed E-state index contributed by atoms with van der Waals surface area (Å²) in [6.45, 7) is -4.31. The fourth-order valence-electron chi connectivity index (χ4n) is 5.51. The molecule has 6 aromatic carbocycles. The molecule has 0 aliphatic carbocycles. The van der Waals surface area contributed by atoms with Crippen molar-refractivity contribution >= 4 is 34.0 Å². The summed E-state index contributed by atoms with van der Waals surface area (Å²) in [7, 11) is 0. The number of ether oxygens (including phenoxy) is 1. The summed E-state index contributed by atoms with van der Waals surface area (Å²) in [6.07, 6.45) is 0. The Bertz CT molecular complexity index is 1640. The number of carbonyl (C=O) groups excluding carboxylic acids is 1. The summed E-state index contributed by atoms with van der Waals surface area (Å²) < 4.78 is 13.9. The first-order chi connectivity index (χ1) is 20.2. The van der Waals surface area contributed by atoms with Crippen LogP contribution in [0.2, 0.25) is 0 Å². The van der Waals surface area contributed by atoms with Gasteiger partial charge in [-0.2, -0.15) is 0 Å². The predicted octanol–water partition coefficient (Wildman–Crippen LogP) is 7.41. The van der Waals surface area contributed by atoms with E-state index in [1.54, 1.807) is 12.1 Å². The minimum absolute atomic E-state index is 0.408. The van der Waals surface area contributed by atoms with Crippen LogP contribution < -0.4 is 26.0 Å². The Morgan fingerprint density at radius 3 is 1.32 bits per heavy atom. The number of hydrogen-bond acceptors (Lipinski definition) is 3. The molecule has 4 heteroatoms. The van der Waals surface area contributed by atoms with E-state index in [1.807, 2.05) is 127 Å². The average molecular weight is 553 g/mol. The molecule has 0 aromatic heterocycles. The monoisotopic (exact) mass is 552 g/mol. The van der Waals surface area contributed by atoms with Crippen molar-refractivity contribution in [1.82, 2.24) is 0 Å². The molecule has 3 nitrogen and oxygen atoms in total. The Kier molecular flexibility index (Phi) is 7.20. The van der Waals surface area contributed by atoms with Crippen LogP contribution in [-0.4, -0.2) is 5.97 Å². The van der Waals surface area contributed by atoms with Crippen molar-refractivity contribution in [3.63, 3.8) is 0 Å². The van der Waals surface area contributed by atoms with Gasteiger partial charge in [0.2, 0.25) is 0 Å². The maximum atomic E-state index is 14.4. The second kappa shape index (κ2) is 11.3. The van der Waals surface area contributed by atoms with Gasteiger partial charge in [0.1, 0.15) is 0 Å². The van der Waals surface area contributed by atoms with Gasteiger partial charge < -0.3 is 0 Å². The van der Waals surface area contributed by atoms with Crippen LogP contribution in [0, 0.1) is 0 Å². The van der Waals surface area contributed by atoms with Gasteiger partial charge in [0.25, 0.3) is 0 Å². The topological polar surface area (TPSA) is 35.5 Å². The molecule has 0 fully saturated rings. The summed E-state index contributed by atoms with van der Waals surface area (Å²) in [6, 6.07) is 57.1. The molecule has 0 saturated heterocycles. The van der Waals surface area contributed by atoms with Gasteiger partial charge >= 0.3 is 241 Å². The molecule has 0 aliphatic rings. The molecule has 0 spiro atoms. The first-order valence-corrected chi connectivity index (χ1v) is 15.7. The molecule has 0 bridgehead atoms. The molecule has 0 heterocycles. The second-order valence-electron chi connectivity index (χ2n) is 9.67. The molecule has 0 radical (unpaired) electrons. The van der Waals surface area contributed by atoms with Gasteiger partial charge in [-0.1, -0.05) is 0 Å². The Hall–Kier alpha value is -4.98. The molecule has 6 aromatic rings. The van der Waals surface area contributed by atoms with E-state index in [1.165, 1.54) is 0 Å². The van der Waals surface area contributed by atoms with E-state index >= 15 is 0 Å². The maximum absolute atomic E-state index is 14.4. The molecule has 0 amide bonds. The van der Waals surface area contributed by atoms with Crippen molar-refractivity contribution in [2.45, 2.75) is 0 Å². The average Bonchev–Trinajstić information content (AvgIpc) is 3.06. The summed E-state index contributed by atoms with van der Waals surface area (Å²) in [5, 5.41) is 3.48. The molecule has 0 aliphatic heterocycles. The van der Waals surface area contributed by atoms with Gasteiger partial charge in [0.05, 0.1) is 0 Å². The summed E-state index contributed by atoms with van der Waals surface area (Å²) in [4.78, 5) is 14.4. The summed E-state index contributed by atoms with van der Waals surface area (Å²) in [5.41, 5.74) is 0.478. The van der Waals surface area contributed by atoms with Crippen molar-refractivity contribution < 1.29 is 14.1 Å². The molecule has 41 heavy (non-hydrogen) atoms. The van der Waals surface area contributed by atoms with Crippen molar-refractivity contribution in [3.8, 4) is 11.5 Å². The van der Waals surface area contributed by atoms with Crippen LogP contribution in [0.5, 0.6) is 11.5 Å². The number of rotatable bonds is 8. The number of carbonyl (C=O) groups is 1. The van der Waals surface area contributed by atoms with Crippen LogP contribution in [0.25, 0.3) is 0 Å². The van der Waals surface area contributed by atoms with Gasteiger partial charge in [-0.3, -0.25) is 0 Å². The van der Waals surface area contributed by atoms with E-state index in [4.69, 9.17) is 9.26 Å². The quantitative estimate of drug-likeness (QED) is 0.185. The van der Waals surface area contributed by atoms with Gasteiger partial charge in [-0.25, -0.2) is 0 Å². The van der Waals surface area contributed by atoms with Crippen LogP contribution in [0.1, 0.15) is 10.4 Å². The fraction of sp³-hybridized carbons (Fsp3) is 0. The van der Waals surface area contributed by atoms with Crippen LogP contribution in [0.15, 0.2) is 176 Å². The van der Waals surface area contributed by atoms with E-state index in [-0.39, 0.29) is 0 Å². The molecule has 6 rings (SSSR count). The minimum atomic E-state index is -4.31. The second-order valence-corrected chi connectivity index (χ2v) is 14.0. The van der Waals surface area contributed by atoms with Gasteiger partial charge in [-0.05, 0) is 0 Å². The first-order valence-electron chi connectivity index (χ1n) is 13.5. The molecule has 0 unspecified atom stereocenters. The fourth-order valence-corrected chi connectivity index (χ4v) is 11.2. The third-order valence-electron chi connectivity index (χ3n) is 7.32. The molecular formula is C37H29O3P. The van der Waals surface area contributed by atoms with Gasteiger partial charge in [-0.15, -0.1) is 0 Å². The Morgan fingerprint density at radius 1 is 0.439 bits per heavy atom. The van der Waals surface area contributed by atoms with E-state index in [0.717, 1.165) is 21.2 Å². The molecule has 0 atom stereocenters. The molecular weight excluding hydrogens is 523 g/mol. The zero-order valence-corrected chi connectivity index (χ0v) is 23.3. The van der Waals surface area contributed by atoms with Crippen molar-refractivity contribution in [2.24, 2.45) is 0 Å². The van der Waals surface area contributed by atoms with E-state index in [2.05, 4.69) is 36.4 Å². The molecule has 0 N–H and O–H groups in total. The summed E-state index contributed by atoms with van der Waals surface area (Å²) >= 11 is 0. The standard InChI is InChI=1S/C37H29O3P/c38-37(30-18-6-1-7-19-30)40-41(32-22-10-3-11-23-32,33-24-12-4-13-25-33,34-26-14-5-15-27-34)36-29-17-16-28-35(36)39-31-20-8-2-9-21-31/h1-29H. The summed E-state index contributed by atoms with van der Waals surface area (Å²) in [5.74, 6) is 0.906. The Labute approximate surface area is 240 Å². The SMILES string of the molecule is O=C(OP(c1ccccc1)(c1ccccc1)(c1ccccc1)c1ccccc1Oc1ccccc1)c1ccccc1. The van der Waals surface area contributed by atoms with Crippen molar-refractivity contribution in [2.75, 3.05) is 0 Å². The zero-order chi connectivity index (χ0) is 28.0. The number of hydrogen-bond donors (Lipinski definition) is 0. The van der Waals surface area contributed by atoms with Gasteiger partial charge in [0.15, 0.2) is 0 Å². The van der Waals surface area contributed by atoms with Crippen LogP contribution >= 0.6 is 6.83 Å². The number of benzene rings is 6. The third kappa shape index (κ3) is 4.51. The third-order valence-corrected chi connectivity index (χ3v) is 13.0. The normalized spacial score (nSPS) is 12.0. The molecule has 200 valence electrons. The Balaban J connectivity index is 1.79. The van der Waals surface area contributed by atoms with E-state index < -0.39 is 12.8 Å². The van der Waals surface area contributed by atoms with Gasteiger partial charge in [0, 0.05) is 0 Å². The van der Waals surface area contributed by atoms with Crippen LogP contribution in [-0.2, 0) is 4.52 Å². The van der Waals surface area contributed by atoms with E-state index in [0.29, 0.717) is 17.1 Å². The Morgan fingerprint density at radius 2 is 0.829 bits per heavy atom. The molecule has 0 saturated carbocycles. The predicted molar refractivity (Wildman–Crippen MR) is 170 cm³/mol. The van der Waals surface area contributed by atoms with Crippen molar-refractivity contribution in [3.05, 3.63) is 181 Å². The van der Waals surface area contributed by atoms with Crippen LogP contribution in [0.4, 0.5) is 0 Å². The number of para-hydroxylation sites is 2. The first kappa shape index (κ1) is 26.3. The van der Waals surface area contributed by atoms with Crippen molar-refractivity contribution in [1.29, 1.82) is 0 Å². The van der Waals surface area contributed by atoms with E-state index in [9.17, 15) is 4.79 Å². The zero-order valence-electron chi connectivity index (χ0n) is 22.4. The van der Waals surface area contributed by atoms with Crippen LogP contribution in [0.3, 0.4) is 0 Å².